The summed E-state index contributed by atoms with van der Waals surface area (Å²) in [5.74, 6) is 0.158. The molecule has 2 rings (SSSR count). The normalized spacial score (nSPS) is 21.0. The summed E-state index contributed by atoms with van der Waals surface area (Å²) in [6.07, 6.45) is 1.15. The monoisotopic (exact) mass is 316 g/mol. The number of likely N-dealkylation sites (tertiary alicyclic amines) is 1. The van der Waals surface area contributed by atoms with Crippen molar-refractivity contribution in [3.63, 3.8) is 0 Å². The van der Waals surface area contributed by atoms with Crippen LogP contribution < -0.4 is 10.5 Å². The molecule has 0 saturated carbocycles. The standard InChI is InChI=1S/C15H21FN2O2.ClH/c1-10-5-12(8-17)9-18(10)15(19)7-11-3-4-14(20-2)13(16)6-11;/h3-4,6,10,12H,5,7-9,17H2,1-2H3;1H. The van der Waals surface area contributed by atoms with Crippen molar-refractivity contribution >= 4 is 18.3 Å². The summed E-state index contributed by atoms with van der Waals surface area (Å²) in [7, 11) is 1.42. The van der Waals surface area contributed by atoms with Crippen LogP contribution in [0.1, 0.15) is 18.9 Å². The highest BCUT2D eigenvalue weighted by Crippen LogP contribution is 2.24. The Bertz CT molecular complexity index is 499. The second kappa shape index (κ2) is 7.61. The molecular formula is C15H22ClFN2O2. The summed E-state index contributed by atoms with van der Waals surface area (Å²) in [5, 5.41) is 0. The molecule has 2 unspecified atom stereocenters. The van der Waals surface area contributed by atoms with Gasteiger partial charge in [0, 0.05) is 12.6 Å². The number of carbonyl (C=O) groups is 1. The average molecular weight is 317 g/mol. The van der Waals surface area contributed by atoms with Crippen molar-refractivity contribution < 1.29 is 13.9 Å². The van der Waals surface area contributed by atoms with Crippen molar-refractivity contribution in [3.8, 4) is 5.75 Å². The van der Waals surface area contributed by atoms with Gasteiger partial charge in [-0.1, -0.05) is 6.07 Å². The molecule has 2 N–H and O–H groups in total. The van der Waals surface area contributed by atoms with E-state index in [1.165, 1.54) is 13.2 Å². The third-order valence-corrected chi connectivity index (χ3v) is 3.89. The lowest BCUT2D eigenvalue weighted by atomic mass is 10.1. The largest absolute Gasteiger partial charge is 0.494 e. The minimum atomic E-state index is -0.438. The van der Waals surface area contributed by atoms with E-state index >= 15 is 0 Å². The molecule has 0 aliphatic carbocycles. The van der Waals surface area contributed by atoms with E-state index in [9.17, 15) is 9.18 Å². The topological polar surface area (TPSA) is 55.6 Å². The zero-order chi connectivity index (χ0) is 14.7. The maximum absolute atomic E-state index is 13.6. The first-order valence-electron chi connectivity index (χ1n) is 6.87. The van der Waals surface area contributed by atoms with Gasteiger partial charge in [0.1, 0.15) is 0 Å². The van der Waals surface area contributed by atoms with Gasteiger partial charge in [-0.3, -0.25) is 4.79 Å². The van der Waals surface area contributed by atoms with E-state index in [1.54, 1.807) is 12.1 Å². The van der Waals surface area contributed by atoms with Crippen LogP contribution in [0.5, 0.6) is 5.75 Å². The number of amides is 1. The minimum absolute atomic E-state index is 0. The molecule has 0 radical (unpaired) electrons. The van der Waals surface area contributed by atoms with Gasteiger partial charge < -0.3 is 15.4 Å². The summed E-state index contributed by atoms with van der Waals surface area (Å²) in [6.45, 7) is 3.34. The van der Waals surface area contributed by atoms with Gasteiger partial charge in [0.25, 0.3) is 0 Å². The zero-order valence-corrected chi connectivity index (χ0v) is 13.2. The van der Waals surface area contributed by atoms with Gasteiger partial charge in [-0.2, -0.15) is 0 Å². The fraction of sp³-hybridized carbons (Fsp3) is 0.533. The van der Waals surface area contributed by atoms with E-state index in [0.29, 0.717) is 24.6 Å². The molecule has 1 saturated heterocycles. The van der Waals surface area contributed by atoms with Crippen LogP contribution in [-0.2, 0) is 11.2 Å². The molecule has 0 aromatic heterocycles. The number of halogens is 2. The van der Waals surface area contributed by atoms with Crippen molar-refractivity contribution in [3.05, 3.63) is 29.6 Å². The summed E-state index contributed by atoms with van der Waals surface area (Å²) in [6, 6.07) is 4.84. The number of ether oxygens (including phenoxy) is 1. The van der Waals surface area contributed by atoms with Crippen LogP contribution in [0.2, 0.25) is 0 Å². The minimum Gasteiger partial charge on any atom is -0.494 e. The molecule has 6 heteroatoms. The van der Waals surface area contributed by atoms with Gasteiger partial charge >= 0.3 is 0 Å². The lowest BCUT2D eigenvalue weighted by Gasteiger charge is -2.21. The van der Waals surface area contributed by atoms with E-state index in [4.69, 9.17) is 10.5 Å². The predicted octanol–water partition coefficient (Wildman–Crippen LogP) is 1.99. The lowest BCUT2D eigenvalue weighted by Crippen LogP contribution is -2.35. The first-order chi connectivity index (χ1) is 9.55. The quantitative estimate of drug-likeness (QED) is 0.924. The SMILES string of the molecule is COc1ccc(CC(=O)N2CC(CN)CC2C)cc1F.Cl. The highest BCUT2D eigenvalue weighted by Gasteiger charge is 2.31. The zero-order valence-electron chi connectivity index (χ0n) is 12.3. The number of carbonyl (C=O) groups excluding carboxylic acids is 1. The third kappa shape index (κ3) is 4.08. The summed E-state index contributed by atoms with van der Waals surface area (Å²) in [5.41, 5.74) is 6.32. The summed E-state index contributed by atoms with van der Waals surface area (Å²) in [4.78, 5) is 14.1. The Balaban J connectivity index is 0.00000220. The van der Waals surface area contributed by atoms with E-state index < -0.39 is 5.82 Å². The van der Waals surface area contributed by atoms with E-state index in [2.05, 4.69) is 0 Å². The van der Waals surface area contributed by atoms with Gasteiger partial charge in [-0.15, -0.1) is 12.4 Å². The van der Waals surface area contributed by atoms with Gasteiger partial charge in [-0.25, -0.2) is 4.39 Å². The second-order valence-electron chi connectivity index (χ2n) is 5.38. The number of hydrogen-bond donors (Lipinski definition) is 1. The van der Waals surface area contributed by atoms with Crippen molar-refractivity contribution in [2.45, 2.75) is 25.8 Å². The number of nitrogens with two attached hydrogens (primary N) is 1. The molecule has 0 bridgehead atoms. The fourth-order valence-corrected chi connectivity index (χ4v) is 2.76. The molecular weight excluding hydrogens is 295 g/mol. The van der Waals surface area contributed by atoms with Crippen molar-refractivity contribution in [1.29, 1.82) is 0 Å². The van der Waals surface area contributed by atoms with Gasteiger partial charge in [0.2, 0.25) is 5.91 Å². The average Bonchev–Trinajstić information content (AvgIpc) is 2.80. The molecule has 0 spiro atoms. The van der Waals surface area contributed by atoms with Gasteiger partial charge in [-0.05, 0) is 43.5 Å². The number of hydrogen-bond acceptors (Lipinski definition) is 3. The summed E-state index contributed by atoms with van der Waals surface area (Å²) >= 11 is 0. The predicted molar refractivity (Wildman–Crippen MR) is 82.2 cm³/mol. The second-order valence-corrected chi connectivity index (χ2v) is 5.38. The van der Waals surface area contributed by atoms with E-state index in [-0.39, 0.29) is 36.5 Å². The first-order valence-corrected chi connectivity index (χ1v) is 6.87. The Kier molecular flexibility index (Phi) is 6.42. The number of benzene rings is 1. The molecule has 1 aromatic rings. The highest BCUT2D eigenvalue weighted by atomic mass is 35.5. The molecule has 1 aliphatic rings. The van der Waals surface area contributed by atoms with Crippen LogP contribution in [-0.4, -0.2) is 37.0 Å². The maximum atomic E-state index is 13.6. The van der Waals surface area contributed by atoms with Crippen LogP contribution in [0.25, 0.3) is 0 Å². The molecule has 21 heavy (non-hydrogen) atoms. The summed E-state index contributed by atoms with van der Waals surface area (Å²) < 4.78 is 18.5. The Morgan fingerprint density at radius 2 is 2.24 bits per heavy atom. The third-order valence-electron chi connectivity index (χ3n) is 3.89. The Labute approximate surface area is 130 Å². The van der Waals surface area contributed by atoms with Crippen LogP contribution in [0.4, 0.5) is 4.39 Å². The maximum Gasteiger partial charge on any atom is 0.227 e. The Morgan fingerprint density at radius 3 is 2.76 bits per heavy atom. The van der Waals surface area contributed by atoms with Crippen molar-refractivity contribution in [2.75, 3.05) is 20.2 Å². The highest BCUT2D eigenvalue weighted by molar-refractivity contribution is 5.85. The number of rotatable bonds is 4. The van der Waals surface area contributed by atoms with Crippen LogP contribution in [0.15, 0.2) is 18.2 Å². The molecule has 1 aromatic carbocycles. The first kappa shape index (κ1) is 17.7. The molecule has 1 heterocycles. The number of nitrogens with zero attached hydrogens (tertiary/aromatic N) is 1. The Morgan fingerprint density at radius 1 is 1.52 bits per heavy atom. The van der Waals surface area contributed by atoms with Gasteiger partial charge in [0.05, 0.1) is 13.5 Å². The molecule has 1 aliphatic heterocycles. The van der Waals surface area contributed by atoms with E-state index in [0.717, 1.165) is 6.42 Å². The fourth-order valence-electron chi connectivity index (χ4n) is 2.76. The van der Waals surface area contributed by atoms with Crippen LogP contribution >= 0.6 is 12.4 Å². The molecule has 118 valence electrons. The van der Waals surface area contributed by atoms with Crippen molar-refractivity contribution in [1.82, 2.24) is 4.90 Å². The smallest absolute Gasteiger partial charge is 0.227 e. The van der Waals surface area contributed by atoms with Crippen molar-refractivity contribution in [2.24, 2.45) is 11.7 Å². The van der Waals surface area contributed by atoms with Crippen LogP contribution in [0, 0.1) is 11.7 Å². The number of methoxy groups -OCH3 is 1. The Hall–Kier alpha value is -1.33. The molecule has 1 amide bonds. The molecule has 4 nitrogen and oxygen atoms in total. The van der Waals surface area contributed by atoms with Gasteiger partial charge in [0.15, 0.2) is 11.6 Å². The molecule has 1 fully saturated rings. The molecule has 2 atom stereocenters. The van der Waals surface area contributed by atoms with E-state index in [1.807, 2.05) is 11.8 Å². The lowest BCUT2D eigenvalue weighted by molar-refractivity contribution is -0.131. The van der Waals surface area contributed by atoms with Crippen LogP contribution in [0.3, 0.4) is 0 Å².